The largest absolute Gasteiger partial charge is 0.381 e. The van der Waals surface area contributed by atoms with Crippen LogP contribution in [0.5, 0.6) is 0 Å². The standard InChI is InChI=1S/C24H32ClN3O2/c1-3-26-24(28-18(2)21-7-9-22(25)10-8-21)27-16-19-5-4-6-20(15-19)17-30-23-11-13-29-14-12-23/h4-10,15,18,23H,3,11-14,16-17H2,1-2H3,(H2,26,27,28). The van der Waals surface area contributed by atoms with Crippen LogP contribution in [0.3, 0.4) is 0 Å². The highest BCUT2D eigenvalue weighted by molar-refractivity contribution is 6.30. The Hall–Kier alpha value is -2.08. The van der Waals surface area contributed by atoms with Crippen LogP contribution in [-0.2, 0) is 22.6 Å². The van der Waals surface area contributed by atoms with Gasteiger partial charge in [0.1, 0.15) is 0 Å². The molecule has 2 N–H and O–H groups in total. The molecule has 1 unspecified atom stereocenters. The van der Waals surface area contributed by atoms with Gasteiger partial charge in [0.15, 0.2) is 5.96 Å². The predicted molar refractivity (Wildman–Crippen MR) is 123 cm³/mol. The Morgan fingerprint density at radius 1 is 1.17 bits per heavy atom. The van der Waals surface area contributed by atoms with E-state index < -0.39 is 0 Å². The second kappa shape index (κ2) is 11.9. The molecule has 2 aromatic carbocycles. The summed E-state index contributed by atoms with van der Waals surface area (Å²) in [4.78, 5) is 4.77. The van der Waals surface area contributed by atoms with Crippen LogP contribution >= 0.6 is 11.6 Å². The average Bonchev–Trinajstić information content (AvgIpc) is 2.77. The van der Waals surface area contributed by atoms with Gasteiger partial charge in [-0.2, -0.15) is 0 Å². The maximum absolute atomic E-state index is 6.05. The summed E-state index contributed by atoms with van der Waals surface area (Å²) >= 11 is 6.00. The number of nitrogens with zero attached hydrogens (tertiary/aromatic N) is 1. The first kappa shape index (κ1) is 22.6. The van der Waals surface area contributed by atoms with Gasteiger partial charge in [0.05, 0.1) is 25.3 Å². The molecular weight excluding hydrogens is 398 g/mol. The maximum Gasteiger partial charge on any atom is 0.192 e. The van der Waals surface area contributed by atoms with Gasteiger partial charge < -0.3 is 20.1 Å². The van der Waals surface area contributed by atoms with Gasteiger partial charge in [-0.15, -0.1) is 0 Å². The first-order chi connectivity index (χ1) is 14.6. The minimum absolute atomic E-state index is 0.124. The molecule has 6 heteroatoms. The number of hydrogen-bond acceptors (Lipinski definition) is 3. The van der Waals surface area contributed by atoms with Crippen molar-refractivity contribution < 1.29 is 9.47 Å². The molecule has 1 aliphatic heterocycles. The molecule has 1 fully saturated rings. The molecule has 0 radical (unpaired) electrons. The second-order valence-corrected chi connectivity index (χ2v) is 7.99. The van der Waals surface area contributed by atoms with E-state index in [-0.39, 0.29) is 6.04 Å². The lowest BCUT2D eigenvalue weighted by Crippen LogP contribution is -2.38. The van der Waals surface area contributed by atoms with Crippen LogP contribution in [0.25, 0.3) is 0 Å². The van der Waals surface area contributed by atoms with Gasteiger partial charge in [-0.3, -0.25) is 0 Å². The highest BCUT2D eigenvalue weighted by atomic mass is 35.5. The number of guanidine groups is 1. The molecule has 2 aromatic rings. The molecule has 0 aromatic heterocycles. The Bertz CT molecular complexity index is 804. The third kappa shape index (κ3) is 7.31. The van der Waals surface area contributed by atoms with E-state index in [9.17, 15) is 0 Å². The van der Waals surface area contributed by atoms with Crippen molar-refractivity contribution in [3.05, 3.63) is 70.2 Å². The fraction of sp³-hybridized carbons (Fsp3) is 0.458. The Balaban J connectivity index is 1.57. The van der Waals surface area contributed by atoms with Crippen LogP contribution in [0.2, 0.25) is 5.02 Å². The predicted octanol–water partition coefficient (Wildman–Crippen LogP) is 4.85. The number of halogens is 1. The Morgan fingerprint density at radius 2 is 1.90 bits per heavy atom. The summed E-state index contributed by atoms with van der Waals surface area (Å²) in [5.74, 6) is 0.795. The molecule has 1 atom stereocenters. The van der Waals surface area contributed by atoms with Crippen molar-refractivity contribution in [2.45, 2.75) is 52.0 Å². The van der Waals surface area contributed by atoms with Gasteiger partial charge in [-0.25, -0.2) is 4.99 Å². The van der Waals surface area contributed by atoms with Crippen molar-refractivity contribution in [1.82, 2.24) is 10.6 Å². The number of nitrogens with one attached hydrogen (secondary N) is 2. The van der Waals surface area contributed by atoms with Crippen molar-refractivity contribution in [3.8, 4) is 0 Å². The Kier molecular flexibility index (Phi) is 9.00. The van der Waals surface area contributed by atoms with E-state index in [0.29, 0.717) is 19.3 Å². The zero-order chi connectivity index (χ0) is 21.2. The molecule has 1 heterocycles. The van der Waals surface area contributed by atoms with Crippen molar-refractivity contribution in [3.63, 3.8) is 0 Å². The molecule has 0 saturated carbocycles. The molecule has 162 valence electrons. The van der Waals surface area contributed by atoms with Crippen LogP contribution in [0.1, 0.15) is 49.4 Å². The summed E-state index contributed by atoms with van der Waals surface area (Å²) in [5, 5.41) is 7.53. The Morgan fingerprint density at radius 3 is 2.63 bits per heavy atom. The number of benzene rings is 2. The molecule has 5 nitrogen and oxygen atoms in total. The summed E-state index contributed by atoms with van der Waals surface area (Å²) in [6, 6.07) is 16.5. The summed E-state index contributed by atoms with van der Waals surface area (Å²) in [7, 11) is 0. The van der Waals surface area contributed by atoms with Crippen LogP contribution in [0.15, 0.2) is 53.5 Å². The molecule has 1 aliphatic rings. The van der Waals surface area contributed by atoms with E-state index in [4.69, 9.17) is 26.1 Å². The van der Waals surface area contributed by atoms with Gasteiger partial charge in [-0.05, 0) is 55.5 Å². The normalized spacial score (nSPS) is 16.3. The molecule has 0 bridgehead atoms. The van der Waals surface area contributed by atoms with E-state index in [0.717, 1.165) is 49.1 Å². The minimum Gasteiger partial charge on any atom is -0.381 e. The number of rotatable bonds is 8. The van der Waals surface area contributed by atoms with Crippen molar-refractivity contribution >= 4 is 17.6 Å². The van der Waals surface area contributed by atoms with Gasteiger partial charge >= 0.3 is 0 Å². The third-order valence-corrected chi connectivity index (χ3v) is 5.38. The summed E-state index contributed by atoms with van der Waals surface area (Å²) in [5.41, 5.74) is 3.51. The quantitative estimate of drug-likeness (QED) is 0.465. The molecule has 0 amide bonds. The highest BCUT2D eigenvalue weighted by Gasteiger charge is 2.14. The number of hydrogen-bond donors (Lipinski definition) is 2. The topological polar surface area (TPSA) is 54.9 Å². The SMILES string of the molecule is CCNC(=NCc1cccc(COC2CCOCC2)c1)NC(C)c1ccc(Cl)cc1. The van der Waals surface area contributed by atoms with Crippen molar-refractivity contribution in [2.75, 3.05) is 19.8 Å². The zero-order valence-electron chi connectivity index (χ0n) is 17.9. The summed E-state index contributed by atoms with van der Waals surface area (Å²) in [6.07, 6.45) is 2.26. The van der Waals surface area contributed by atoms with Gasteiger partial charge in [-0.1, -0.05) is 48.0 Å². The average molecular weight is 430 g/mol. The van der Waals surface area contributed by atoms with E-state index >= 15 is 0 Å². The van der Waals surface area contributed by atoms with Crippen molar-refractivity contribution in [2.24, 2.45) is 4.99 Å². The molecule has 0 aliphatic carbocycles. The van der Waals surface area contributed by atoms with Crippen LogP contribution in [0.4, 0.5) is 0 Å². The molecule has 30 heavy (non-hydrogen) atoms. The fourth-order valence-corrected chi connectivity index (χ4v) is 3.53. The van der Waals surface area contributed by atoms with Gasteiger partial charge in [0.2, 0.25) is 0 Å². The fourth-order valence-electron chi connectivity index (χ4n) is 3.40. The van der Waals surface area contributed by atoms with E-state index in [1.807, 2.05) is 24.3 Å². The van der Waals surface area contributed by atoms with Crippen LogP contribution in [-0.4, -0.2) is 31.8 Å². The molecule has 1 saturated heterocycles. The van der Waals surface area contributed by atoms with E-state index in [2.05, 4.69) is 48.7 Å². The first-order valence-corrected chi connectivity index (χ1v) is 11.1. The minimum atomic E-state index is 0.124. The third-order valence-electron chi connectivity index (χ3n) is 5.13. The molecular formula is C24H32ClN3O2. The number of aliphatic imine (C=N–C) groups is 1. The van der Waals surface area contributed by atoms with Gasteiger partial charge in [0, 0.05) is 24.8 Å². The lowest BCUT2D eigenvalue weighted by molar-refractivity contribution is -0.0390. The van der Waals surface area contributed by atoms with Crippen LogP contribution < -0.4 is 10.6 Å². The molecule has 3 rings (SSSR count). The summed E-state index contributed by atoms with van der Waals surface area (Å²) in [6.45, 7) is 7.82. The second-order valence-electron chi connectivity index (χ2n) is 7.56. The lowest BCUT2D eigenvalue weighted by Gasteiger charge is -2.22. The van der Waals surface area contributed by atoms with Crippen LogP contribution in [0, 0.1) is 0 Å². The smallest absolute Gasteiger partial charge is 0.192 e. The van der Waals surface area contributed by atoms with Crippen molar-refractivity contribution in [1.29, 1.82) is 0 Å². The first-order valence-electron chi connectivity index (χ1n) is 10.7. The monoisotopic (exact) mass is 429 g/mol. The maximum atomic E-state index is 6.05. The van der Waals surface area contributed by atoms with E-state index in [1.165, 1.54) is 11.1 Å². The van der Waals surface area contributed by atoms with E-state index in [1.54, 1.807) is 0 Å². The number of ether oxygens (including phenoxy) is 2. The summed E-state index contributed by atoms with van der Waals surface area (Å²) < 4.78 is 11.4. The zero-order valence-corrected chi connectivity index (χ0v) is 18.6. The van der Waals surface area contributed by atoms with Gasteiger partial charge in [0.25, 0.3) is 0 Å². The highest BCUT2D eigenvalue weighted by Crippen LogP contribution is 2.17. The lowest BCUT2D eigenvalue weighted by atomic mass is 10.1. The molecule has 0 spiro atoms. The Labute approximate surface area is 184 Å².